The summed E-state index contributed by atoms with van der Waals surface area (Å²) in [5, 5.41) is 22.5. The van der Waals surface area contributed by atoms with Gasteiger partial charge in [0.2, 0.25) is 11.5 Å². The van der Waals surface area contributed by atoms with E-state index in [9.17, 15) is 24.6 Å². The molecule has 1 aliphatic heterocycles. The Bertz CT molecular complexity index is 1180. The average Bonchev–Trinajstić information content (AvgIpc) is 2.89. The number of carbonyl (C=O) groups excluding carboxylic acids is 2. The molecule has 1 aromatic carbocycles. The van der Waals surface area contributed by atoms with Gasteiger partial charge in [0.05, 0.1) is 0 Å². The number of pyridine rings is 1. The van der Waals surface area contributed by atoms with E-state index in [1.165, 1.54) is 24.9 Å². The molecule has 2 aromatic rings. The number of nitrogens with zero attached hydrogens (tertiary/aromatic N) is 2. The van der Waals surface area contributed by atoms with Crippen LogP contribution in [0, 0.1) is 11.8 Å². The van der Waals surface area contributed by atoms with Gasteiger partial charge in [-0.1, -0.05) is 42.8 Å². The number of ether oxygens (including phenoxy) is 2. The molecule has 2 unspecified atom stereocenters. The molecule has 1 saturated heterocycles. The number of carboxylic acid groups (broad SMARTS) is 1. The van der Waals surface area contributed by atoms with Crippen LogP contribution in [0.25, 0.3) is 0 Å². The van der Waals surface area contributed by atoms with Gasteiger partial charge in [-0.15, -0.1) is 0 Å². The van der Waals surface area contributed by atoms with Gasteiger partial charge >= 0.3 is 11.9 Å². The zero-order chi connectivity index (χ0) is 27.6. The van der Waals surface area contributed by atoms with Crippen molar-refractivity contribution < 1.29 is 34.1 Å². The molecule has 39 heavy (non-hydrogen) atoms. The number of carboxylic acids is 1. The lowest BCUT2D eigenvalue weighted by molar-refractivity contribution is -0.303. The third kappa shape index (κ3) is 5.28. The van der Waals surface area contributed by atoms with E-state index in [2.05, 4.69) is 34.1 Å². The number of carbonyl (C=O) groups is 3. The Kier molecular flexibility index (Phi) is 7.70. The normalized spacial score (nSPS) is 29.9. The van der Waals surface area contributed by atoms with Crippen LogP contribution in [0.2, 0.25) is 0 Å². The minimum Gasteiger partial charge on any atom is -0.478 e. The zero-order valence-electron chi connectivity index (χ0n) is 22.0. The van der Waals surface area contributed by atoms with Crippen molar-refractivity contribution >= 4 is 17.8 Å². The number of rotatable bonds is 9. The van der Waals surface area contributed by atoms with Crippen LogP contribution >= 0.6 is 0 Å². The average molecular weight is 538 g/mol. The van der Waals surface area contributed by atoms with Gasteiger partial charge in [-0.3, -0.25) is 19.5 Å². The van der Waals surface area contributed by atoms with Gasteiger partial charge in [0.25, 0.3) is 5.91 Å². The lowest BCUT2D eigenvalue weighted by atomic mass is 9.68. The first-order valence-corrected chi connectivity index (χ1v) is 13.5. The highest BCUT2D eigenvalue weighted by Gasteiger charge is 2.57. The van der Waals surface area contributed by atoms with Crippen LogP contribution in [0.15, 0.2) is 54.7 Å². The van der Waals surface area contributed by atoms with Crippen LogP contribution in [0.1, 0.15) is 60.5 Å². The van der Waals surface area contributed by atoms with Crippen molar-refractivity contribution in [3.05, 3.63) is 66.0 Å². The Morgan fingerprint density at radius 3 is 2.31 bits per heavy atom. The molecule has 0 radical (unpaired) electrons. The predicted molar refractivity (Wildman–Crippen MR) is 139 cm³/mol. The minimum atomic E-state index is -2.87. The molecule has 3 N–H and O–H groups in total. The van der Waals surface area contributed by atoms with Crippen molar-refractivity contribution in [3.8, 4) is 0 Å². The molecular weight excluding hydrogens is 502 g/mol. The summed E-state index contributed by atoms with van der Waals surface area (Å²) in [7, 11) is 1.51. The van der Waals surface area contributed by atoms with Gasteiger partial charge in [-0.05, 0) is 49.3 Å². The Balaban J connectivity index is 1.28. The van der Waals surface area contributed by atoms with Gasteiger partial charge in [-0.2, -0.15) is 0 Å². The molecular formula is C29H35N3O7. The third-order valence-electron chi connectivity index (χ3n) is 8.65. The summed E-state index contributed by atoms with van der Waals surface area (Å²) in [6, 6.07) is 15.5. The quantitative estimate of drug-likeness (QED) is 0.325. The van der Waals surface area contributed by atoms with E-state index in [-0.39, 0.29) is 17.5 Å². The summed E-state index contributed by atoms with van der Waals surface area (Å²) in [6.07, 6.45) is 5.23. The van der Waals surface area contributed by atoms with Gasteiger partial charge < -0.3 is 25.0 Å². The number of methoxy groups -OCH3 is 1. The minimum absolute atomic E-state index is 0.0920. The highest BCUT2D eigenvalue weighted by atomic mass is 16.7. The number of nitrogens with one attached hydrogen (secondary N) is 1. The number of benzene rings is 1. The molecule has 0 spiro atoms. The molecule has 2 aliphatic carbocycles. The SMILES string of the molecule is COC1(OC(=O)CC(O)(NC(=O)c2ccccn2)C(=O)O)[C@@H]2CCC[C@H]1CN([C@H]1CC[C@H]1c1ccccc1)C2. The second-order valence-electron chi connectivity index (χ2n) is 10.9. The van der Waals surface area contributed by atoms with Gasteiger partial charge in [0, 0.05) is 44.3 Å². The maximum atomic E-state index is 13.2. The lowest BCUT2D eigenvalue weighted by Gasteiger charge is -2.57. The summed E-state index contributed by atoms with van der Waals surface area (Å²) < 4.78 is 11.9. The van der Waals surface area contributed by atoms with Crippen molar-refractivity contribution in [3.63, 3.8) is 0 Å². The molecule has 3 aliphatic rings. The smallest absolute Gasteiger partial charge is 0.357 e. The van der Waals surface area contributed by atoms with Crippen molar-refractivity contribution in [1.29, 1.82) is 0 Å². The summed E-state index contributed by atoms with van der Waals surface area (Å²) in [5.74, 6) is -4.61. The first kappa shape index (κ1) is 27.2. The summed E-state index contributed by atoms with van der Waals surface area (Å²) in [5.41, 5.74) is -1.62. The number of hydrogen-bond donors (Lipinski definition) is 3. The largest absolute Gasteiger partial charge is 0.478 e. The molecule has 10 nitrogen and oxygen atoms in total. The zero-order valence-corrected chi connectivity index (χ0v) is 22.0. The first-order valence-electron chi connectivity index (χ1n) is 13.5. The van der Waals surface area contributed by atoms with Crippen LogP contribution in [-0.4, -0.2) is 75.7 Å². The van der Waals surface area contributed by atoms with E-state index in [1.807, 2.05) is 11.4 Å². The number of aromatic nitrogens is 1. The van der Waals surface area contributed by atoms with Crippen molar-refractivity contribution in [1.82, 2.24) is 15.2 Å². The molecule has 6 atom stereocenters. The third-order valence-corrected chi connectivity index (χ3v) is 8.65. The van der Waals surface area contributed by atoms with Crippen LogP contribution in [0.3, 0.4) is 0 Å². The van der Waals surface area contributed by atoms with Crippen molar-refractivity contribution in [2.45, 2.75) is 62.0 Å². The molecule has 5 rings (SSSR count). The van der Waals surface area contributed by atoms with Crippen LogP contribution in [0.4, 0.5) is 0 Å². The molecule has 2 saturated carbocycles. The summed E-state index contributed by atoms with van der Waals surface area (Å²) >= 11 is 0. The number of fused-ring (bicyclic) bond motifs is 2. The Hall–Kier alpha value is -3.34. The van der Waals surface area contributed by atoms with Crippen LogP contribution in [0.5, 0.6) is 0 Å². The van der Waals surface area contributed by atoms with Gasteiger partial charge in [0.15, 0.2) is 0 Å². The number of hydrogen-bond acceptors (Lipinski definition) is 8. The van der Waals surface area contributed by atoms with Crippen LogP contribution < -0.4 is 5.32 Å². The number of aliphatic carboxylic acids is 1. The van der Waals surface area contributed by atoms with Gasteiger partial charge in [0.1, 0.15) is 12.1 Å². The predicted octanol–water partition coefficient (Wildman–Crippen LogP) is 2.54. The van der Waals surface area contributed by atoms with E-state index in [1.54, 1.807) is 12.1 Å². The highest BCUT2D eigenvalue weighted by Crippen LogP contribution is 2.50. The maximum Gasteiger partial charge on any atom is 0.357 e. The number of aliphatic hydroxyl groups is 1. The van der Waals surface area contributed by atoms with E-state index < -0.39 is 35.8 Å². The second kappa shape index (κ2) is 11.0. The van der Waals surface area contributed by atoms with Crippen molar-refractivity contribution in [2.24, 2.45) is 11.8 Å². The second-order valence-corrected chi connectivity index (χ2v) is 10.9. The maximum absolute atomic E-state index is 13.2. The number of likely N-dealkylation sites (tertiary alicyclic amines) is 1. The molecule has 2 bridgehead atoms. The first-order chi connectivity index (χ1) is 18.8. The Morgan fingerprint density at radius 1 is 1.05 bits per heavy atom. The lowest BCUT2D eigenvalue weighted by Crippen LogP contribution is -2.66. The molecule has 10 heteroatoms. The standard InChI is InChI=1S/C29H35N3O7/c1-38-29(39-25(33)16-28(37,27(35)36)31-26(34)23-12-5-6-15-30-23)20-10-7-11-21(29)18-32(17-20)24-14-13-22(24)19-8-3-2-4-9-19/h2-6,8-9,12,15,20-22,24,37H,7,10-11,13-14,16-18H2,1H3,(H,31,34)(H,35,36)/t20-,21+,22-,24-,28?,29?/m0/s1. The van der Waals surface area contributed by atoms with Crippen molar-refractivity contribution in [2.75, 3.05) is 20.2 Å². The Morgan fingerprint density at radius 2 is 1.74 bits per heavy atom. The highest BCUT2D eigenvalue weighted by molar-refractivity contribution is 5.97. The number of piperidine rings is 1. The molecule has 3 fully saturated rings. The van der Waals surface area contributed by atoms with Crippen LogP contribution in [-0.2, 0) is 19.1 Å². The van der Waals surface area contributed by atoms with E-state index in [0.29, 0.717) is 25.0 Å². The molecule has 2 heterocycles. The fourth-order valence-corrected chi connectivity index (χ4v) is 6.59. The summed E-state index contributed by atoms with van der Waals surface area (Å²) in [4.78, 5) is 44.0. The van der Waals surface area contributed by atoms with Gasteiger partial charge in [-0.25, -0.2) is 4.79 Å². The monoisotopic (exact) mass is 537 g/mol. The summed E-state index contributed by atoms with van der Waals surface area (Å²) in [6.45, 7) is 1.40. The molecule has 1 aromatic heterocycles. The Labute approximate surface area is 227 Å². The van der Waals surface area contributed by atoms with E-state index in [0.717, 1.165) is 32.1 Å². The number of esters is 1. The molecule has 208 valence electrons. The fourth-order valence-electron chi connectivity index (χ4n) is 6.59. The fraction of sp³-hybridized carbons (Fsp3) is 0.517. The van der Waals surface area contributed by atoms with E-state index >= 15 is 0 Å². The number of amides is 1. The topological polar surface area (TPSA) is 138 Å². The van der Waals surface area contributed by atoms with E-state index in [4.69, 9.17) is 9.47 Å². The molecule has 1 amide bonds.